The van der Waals surface area contributed by atoms with Gasteiger partial charge in [-0.15, -0.1) is 0 Å². The molecule has 0 saturated heterocycles. The number of hydrogen-bond acceptors (Lipinski definition) is 6. The molecule has 6 nitrogen and oxygen atoms in total. The summed E-state index contributed by atoms with van der Waals surface area (Å²) in [5.74, 6) is -0.120. The van der Waals surface area contributed by atoms with Crippen molar-refractivity contribution in [2.24, 2.45) is 0 Å². The highest BCUT2D eigenvalue weighted by Crippen LogP contribution is 2.46. The number of ether oxygens (including phenoxy) is 4. The molecule has 32 heavy (non-hydrogen) atoms. The van der Waals surface area contributed by atoms with E-state index in [9.17, 15) is 9.59 Å². The Morgan fingerprint density at radius 3 is 2.03 bits per heavy atom. The van der Waals surface area contributed by atoms with Gasteiger partial charge < -0.3 is 18.9 Å². The minimum Gasteiger partial charge on any atom is -0.481 e. The summed E-state index contributed by atoms with van der Waals surface area (Å²) in [4.78, 5) is 24.1. The third-order valence-corrected chi connectivity index (χ3v) is 5.11. The SMILES string of the molecule is CCCOC(=O)COc1c2cc(Cl)ccc2c(OCC(=O)OCCC)c2c(Cl)cccc12. The summed E-state index contributed by atoms with van der Waals surface area (Å²) < 4.78 is 22.0. The highest BCUT2D eigenvalue weighted by Gasteiger charge is 2.20. The number of hydrogen-bond donors (Lipinski definition) is 0. The normalized spacial score (nSPS) is 10.9. The molecule has 170 valence electrons. The summed E-state index contributed by atoms with van der Waals surface area (Å²) in [7, 11) is 0. The fraction of sp³-hybridized carbons (Fsp3) is 0.333. The first kappa shape index (κ1) is 24.0. The number of carbonyl (C=O) groups excluding carboxylic acids is 2. The Labute approximate surface area is 196 Å². The van der Waals surface area contributed by atoms with E-state index in [1.54, 1.807) is 36.4 Å². The highest BCUT2D eigenvalue weighted by molar-refractivity contribution is 6.37. The van der Waals surface area contributed by atoms with Crippen molar-refractivity contribution in [3.05, 3.63) is 46.4 Å². The molecular formula is C24H24Cl2O6. The molecule has 0 bridgehead atoms. The maximum atomic E-state index is 12.0. The maximum Gasteiger partial charge on any atom is 0.344 e. The lowest BCUT2D eigenvalue weighted by Gasteiger charge is -2.18. The Kier molecular flexibility index (Phi) is 8.42. The predicted octanol–water partition coefficient (Wildman–Crippen LogP) is 5.96. The Morgan fingerprint density at radius 1 is 0.781 bits per heavy atom. The molecule has 3 rings (SSSR count). The van der Waals surface area contributed by atoms with Gasteiger partial charge in [-0.1, -0.05) is 49.2 Å². The molecule has 8 heteroatoms. The topological polar surface area (TPSA) is 71.1 Å². The third kappa shape index (κ3) is 5.56. The molecule has 0 aromatic heterocycles. The number of esters is 2. The van der Waals surface area contributed by atoms with Gasteiger partial charge in [-0.05, 0) is 37.1 Å². The van der Waals surface area contributed by atoms with Crippen LogP contribution in [0.5, 0.6) is 11.5 Å². The quantitative estimate of drug-likeness (QED) is 0.264. The molecule has 0 N–H and O–H groups in total. The summed E-state index contributed by atoms with van der Waals surface area (Å²) in [5, 5.41) is 3.32. The van der Waals surface area contributed by atoms with Gasteiger partial charge in [0, 0.05) is 26.6 Å². The van der Waals surface area contributed by atoms with Crippen LogP contribution in [0.3, 0.4) is 0 Å². The van der Waals surface area contributed by atoms with Gasteiger partial charge in [0.05, 0.1) is 18.2 Å². The zero-order valence-electron chi connectivity index (χ0n) is 17.9. The van der Waals surface area contributed by atoms with E-state index in [2.05, 4.69) is 0 Å². The Hall–Kier alpha value is -2.70. The molecule has 0 unspecified atom stereocenters. The molecule has 3 aromatic rings. The van der Waals surface area contributed by atoms with Crippen LogP contribution in [0.4, 0.5) is 0 Å². The van der Waals surface area contributed by atoms with Crippen molar-refractivity contribution >= 4 is 56.7 Å². The minimum atomic E-state index is -0.479. The van der Waals surface area contributed by atoms with Crippen molar-refractivity contribution in [3.63, 3.8) is 0 Å². The first-order chi connectivity index (χ1) is 15.5. The standard InChI is InChI=1S/C24H24Cl2O6/c1-3-10-29-20(27)13-31-23-17-6-5-7-19(26)22(17)24(32-14-21(28)30-11-4-2)16-9-8-15(25)12-18(16)23/h5-9,12H,3-4,10-11,13-14H2,1-2H3. The number of fused-ring (bicyclic) bond motifs is 2. The van der Waals surface area contributed by atoms with Gasteiger partial charge >= 0.3 is 11.9 Å². The zero-order chi connectivity index (χ0) is 23.1. The van der Waals surface area contributed by atoms with Crippen LogP contribution in [0.15, 0.2) is 36.4 Å². The van der Waals surface area contributed by atoms with Crippen LogP contribution in [0.25, 0.3) is 21.5 Å². The average molecular weight is 479 g/mol. The van der Waals surface area contributed by atoms with Crippen molar-refractivity contribution in [2.75, 3.05) is 26.4 Å². The van der Waals surface area contributed by atoms with Crippen molar-refractivity contribution in [2.45, 2.75) is 26.7 Å². The van der Waals surface area contributed by atoms with Crippen molar-refractivity contribution in [1.82, 2.24) is 0 Å². The molecule has 0 amide bonds. The van der Waals surface area contributed by atoms with Crippen LogP contribution in [0.1, 0.15) is 26.7 Å². The smallest absolute Gasteiger partial charge is 0.344 e. The second-order valence-corrected chi connectivity index (χ2v) is 7.87. The van der Waals surface area contributed by atoms with Gasteiger partial charge in [0.2, 0.25) is 0 Å². The van der Waals surface area contributed by atoms with E-state index in [1.807, 2.05) is 13.8 Å². The first-order valence-corrected chi connectivity index (χ1v) is 11.1. The molecule has 0 fully saturated rings. The molecule has 3 aromatic carbocycles. The fourth-order valence-electron chi connectivity index (χ4n) is 3.21. The lowest BCUT2D eigenvalue weighted by atomic mass is 10.0. The van der Waals surface area contributed by atoms with E-state index < -0.39 is 11.9 Å². The van der Waals surface area contributed by atoms with E-state index in [0.717, 1.165) is 6.42 Å². The zero-order valence-corrected chi connectivity index (χ0v) is 19.4. The second-order valence-electron chi connectivity index (χ2n) is 7.03. The average Bonchev–Trinajstić information content (AvgIpc) is 2.78. The van der Waals surface area contributed by atoms with Gasteiger partial charge in [-0.25, -0.2) is 9.59 Å². The fourth-order valence-corrected chi connectivity index (χ4v) is 3.64. The molecular weight excluding hydrogens is 455 g/mol. The third-order valence-electron chi connectivity index (χ3n) is 4.56. The van der Waals surface area contributed by atoms with Crippen molar-refractivity contribution in [3.8, 4) is 11.5 Å². The van der Waals surface area contributed by atoms with Gasteiger partial charge in [0.1, 0.15) is 11.5 Å². The molecule has 0 heterocycles. The van der Waals surface area contributed by atoms with Crippen LogP contribution < -0.4 is 9.47 Å². The van der Waals surface area contributed by atoms with E-state index in [-0.39, 0.29) is 13.2 Å². The van der Waals surface area contributed by atoms with Gasteiger partial charge in [-0.2, -0.15) is 0 Å². The summed E-state index contributed by atoms with van der Waals surface area (Å²) in [6, 6.07) is 10.5. The molecule has 0 spiro atoms. The van der Waals surface area contributed by atoms with E-state index >= 15 is 0 Å². The van der Waals surface area contributed by atoms with Crippen LogP contribution in [0, 0.1) is 0 Å². The highest BCUT2D eigenvalue weighted by atomic mass is 35.5. The molecule has 0 aliphatic heterocycles. The van der Waals surface area contributed by atoms with Crippen LogP contribution in [0.2, 0.25) is 10.0 Å². The van der Waals surface area contributed by atoms with Crippen LogP contribution in [-0.4, -0.2) is 38.4 Å². The second kappa shape index (κ2) is 11.2. The summed E-state index contributed by atoms with van der Waals surface area (Å²) in [6.45, 7) is 3.92. The van der Waals surface area contributed by atoms with Gasteiger partial charge in [0.15, 0.2) is 13.2 Å². The van der Waals surface area contributed by atoms with Crippen LogP contribution in [-0.2, 0) is 19.1 Å². The predicted molar refractivity (Wildman–Crippen MR) is 125 cm³/mol. The largest absolute Gasteiger partial charge is 0.481 e. The van der Waals surface area contributed by atoms with E-state index in [1.165, 1.54) is 0 Å². The Balaban J connectivity index is 2.09. The molecule has 0 radical (unpaired) electrons. The number of halogens is 2. The number of carbonyl (C=O) groups is 2. The van der Waals surface area contributed by atoms with Crippen LogP contribution >= 0.6 is 23.2 Å². The van der Waals surface area contributed by atoms with Crippen molar-refractivity contribution < 1.29 is 28.5 Å². The first-order valence-electron chi connectivity index (χ1n) is 10.4. The van der Waals surface area contributed by atoms with Crippen molar-refractivity contribution in [1.29, 1.82) is 0 Å². The number of benzene rings is 3. The van der Waals surface area contributed by atoms with Gasteiger partial charge in [-0.3, -0.25) is 0 Å². The summed E-state index contributed by atoms with van der Waals surface area (Å²) in [5.41, 5.74) is 0. The lowest BCUT2D eigenvalue weighted by Crippen LogP contribution is -2.16. The van der Waals surface area contributed by atoms with Gasteiger partial charge in [0.25, 0.3) is 0 Å². The minimum absolute atomic E-state index is 0.271. The number of rotatable bonds is 10. The molecule has 0 saturated carbocycles. The summed E-state index contributed by atoms with van der Waals surface area (Å²) in [6.07, 6.45) is 1.43. The Bertz CT molecular complexity index is 1120. The maximum absolute atomic E-state index is 12.0. The molecule has 0 aliphatic carbocycles. The molecule has 0 aliphatic rings. The monoisotopic (exact) mass is 478 g/mol. The lowest BCUT2D eigenvalue weighted by molar-refractivity contribution is -0.146. The van der Waals surface area contributed by atoms with E-state index in [0.29, 0.717) is 62.7 Å². The summed E-state index contributed by atoms with van der Waals surface area (Å²) >= 11 is 12.8. The Morgan fingerprint density at radius 2 is 1.41 bits per heavy atom. The molecule has 0 atom stereocenters. The van der Waals surface area contributed by atoms with E-state index in [4.69, 9.17) is 42.1 Å².